The van der Waals surface area contributed by atoms with Gasteiger partial charge >= 0.3 is 6.09 Å². The maximum Gasteiger partial charge on any atom is 0.410 e. The number of nitrogens with zero attached hydrogens (tertiary/aromatic N) is 1. The minimum absolute atomic E-state index is 0.0811. The van der Waals surface area contributed by atoms with Crippen molar-refractivity contribution in [2.45, 2.75) is 51.7 Å². The number of piperidine rings is 1. The Kier molecular flexibility index (Phi) is 3.28. The zero-order chi connectivity index (χ0) is 14.5. The highest BCUT2D eigenvalue weighted by atomic mass is 19.3. The van der Waals surface area contributed by atoms with Crippen LogP contribution in [0, 0.1) is 5.41 Å². The molecular formula is C13H22F2N2O2. The summed E-state index contributed by atoms with van der Waals surface area (Å²) < 4.78 is 33.4. The summed E-state index contributed by atoms with van der Waals surface area (Å²) in [4.78, 5) is 13.3. The second kappa shape index (κ2) is 4.30. The molecule has 0 bridgehead atoms. The molecule has 1 amide bonds. The van der Waals surface area contributed by atoms with Crippen LogP contribution < -0.4 is 5.32 Å². The Labute approximate surface area is 112 Å². The largest absolute Gasteiger partial charge is 0.444 e. The van der Waals surface area contributed by atoms with Crippen LogP contribution >= 0.6 is 0 Å². The van der Waals surface area contributed by atoms with Gasteiger partial charge in [0, 0.05) is 12.6 Å². The molecule has 0 radical (unpaired) electrons. The average Bonchev–Trinajstić information content (AvgIpc) is 2.23. The van der Waals surface area contributed by atoms with E-state index < -0.39 is 29.1 Å². The minimum atomic E-state index is -2.77. The van der Waals surface area contributed by atoms with Gasteiger partial charge in [0.2, 0.25) is 0 Å². The molecule has 6 heteroatoms. The molecule has 0 saturated carbocycles. The van der Waals surface area contributed by atoms with Crippen molar-refractivity contribution in [3.05, 3.63) is 0 Å². The predicted molar refractivity (Wildman–Crippen MR) is 67.3 cm³/mol. The van der Waals surface area contributed by atoms with Gasteiger partial charge in [-0.1, -0.05) is 0 Å². The molecule has 2 atom stereocenters. The molecule has 2 aliphatic rings. The highest BCUT2D eigenvalue weighted by molar-refractivity contribution is 5.70. The van der Waals surface area contributed by atoms with Gasteiger partial charge in [-0.3, -0.25) is 0 Å². The topological polar surface area (TPSA) is 41.6 Å². The number of amides is 1. The van der Waals surface area contributed by atoms with E-state index in [0.717, 1.165) is 0 Å². The van der Waals surface area contributed by atoms with E-state index in [2.05, 4.69) is 5.32 Å². The summed E-state index contributed by atoms with van der Waals surface area (Å²) in [5, 5.41) is 2.72. The summed E-state index contributed by atoms with van der Waals surface area (Å²) in [6.45, 7) is 7.34. The summed E-state index contributed by atoms with van der Waals surface area (Å²) >= 11 is 0. The Morgan fingerprint density at radius 3 is 2.53 bits per heavy atom. The Hall–Kier alpha value is -0.910. The third-order valence-electron chi connectivity index (χ3n) is 4.17. The smallest absolute Gasteiger partial charge is 0.410 e. The summed E-state index contributed by atoms with van der Waals surface area (Å²) in [7, 11) is 0. The van der Waals surface area contributed by atoms with Gasteiger partial charge in [0.05, 0.1) is 12.0 Å². The van der Waals surface area contributed by atoms with Crippen molar-refractivity contribution in [2.75, 3.05) is 19.6 Å². The van der Waals surface area contributed by atoms with E-state index in [9.17, 15) is 13.6 Å². The molecule has 0 aromatic carbocycles. The molecule has 0 aromatic heterocycles. The normalized spacial score (nSPS) is 34.0. The van der Waals surface area contributed by atoms with Crippen molar-refractivity contribution in [1.82, 2.24) is 10.2 Å². The van der Waals surface area contributed by atoms with Gasteiger partial charge in [-0.05, 0) is 40.7 Å². The van der Waals surface area contributed by atoms with Crippen LogP contribution in [0.4, 0.5) is 13.6 Å². The number of hydrogen-bond donors (Lipinski definition) is 1. The van der Waals surface area contributed by atoms with E-state index in [0.29, 0.717) is 13.0 Å². The van der Waals surface area contributed by atoms with Gasteiger partial charge in [0.15, 0.2) is 0 Å². The Morgan fingerprint density at radius 1 is 1.42 bits per heavy atom. The number of alkyl halides is 2. The fourth-order valence-electron chi connectivity index (χ4n) is 2.93. The molecule has 0 aromatic rings. The third-order valence-corrected chi connectivity index (χ3v) is 4.17. The Morgan fingerprint density at radius 2 is 2.05 bits per heavy atom. The van der Waals surface area contributed by atoms with E-state index >= 15 is 0 Å². The zero-order valence-corrected chi connectivity index (χ0v) is 11.9. The Balaban J connectivity index is 2.06. The lowest BCUT2D eigenvalue weighted by Gasteiger charge is -2.60. The van der Waals surface area contributed by atoms with Crippen molar-refractivity contribution in [3.63, 3.8) is 0 Å². The number of nitrogens with one attached hydrogen (secondary N) is 1. The second-order valence-electron chi connectivity index (χ2n) is 6.57. The van der Waals surface area contributed by atoms with Crippen LogP contribution in [-0.4, -0.2) is 48.2 Å². The molecule has 2 heterocycles. The number of carbonyl (C=O) groups excluding carboxylic acids is 1. The first-order chi connectivity index (χ1) is 8.59. The summed E-state index contributed by atoms with van der Waals surface area (Å²) in [5.74, 6) is -2.77. The molecule has 1 spiro atoms. The number of likely N-dealkylation sites (tertiary alicyclic amines) is 1. The van der Waals surface area contributed by atoms with Gasteiger partial charge in [0.1, 0.15) is 5.60 Å². The zero-order valence-electron chi connectivity index (χ0n) is 11.9. The lowest BCUT2D eigenvalue weighted by atomic mass is 9.64. The SMILES string of the molecule is C[C@@H]1N(C(=O)OC(C)(C)C)CC12CCNCC2(F)F. The predicted octanol–water partition coefficient (Wildman–Crippen LogP) is 2.24. The van der Waals surface area contributed by atoms with Crippen LogP contribution in [0.25, 0.3) is 0 Å². The third kappa shape index (κ3) is 2.30. The number of ether oxygens (including phenoxy) is 1. The molecular weight excluding hydrogens is 254 g/mol. The van der Waals surface area contributed by atoms with E-state index in [-0.39, 0.29) is 13.1 Å². The van der Waals surface area contributed by atoms with Crippen molar-refractivity contribution >= 4 is 6.09 Å². The number of rotatable bonds is 0. The lowest BCUT2D eigenvalue weighted by Crippen LogP contribution is -2.75. The maximum atomic E-state index is 14.1. The second-order valence-corrected chi connectivity index (χ2v) is 6.57. The fourth-order valence-corrected chi connectivity index (χ4v) is 2.93. The summed E-state index contributed by atoms with van der Waals surface area (Å²) in [5.41, 5.74) is -1.69. The first-order valence-electron chi connectivity index (χ1n) is 6.67. The molecule has 2 fully saturated rings. The molecule has 4 nitrogen and oxygen atoms in total. The monoisotopic (exact) mass is 276 g/mol. The lowest BCUT2D eigenvalue weighted by molar-refractivity contribution is -0.225. The average molecular weight is 276 g/mol. The van der Waals surface area contributed by atoms with E-state index in [4.69, 9.17) is 4.74 Å². The molecule has 1 N–H and O–H groups in total. The molecule has 1 unspecified atom stereocenters. The summed E-state index contributed by atoms with van der Waals surface area (Å²) in [6, 6.07) is -0.487. The number of carbonyl (C=O) groups is 1. The molecule has 2 aliphatic heterocycles. The molecule has 110 valence electrons. The fraction of sp³-hybridized carbons (Fsp3) is 0.923. The van der Waals surface area contributed by atoms with Gasteiger partial charge in [0.25, 0.3) is 5.92 Å². The van der Waals surface area contributed by atoms with Gasteiger partial charge < -0.3 is 15.0 Å². The van der Waals surface area contributed by atoms with Crippen LogP contribution in [0.3, 0.4) is 0 Å². The van der Waals surface area contributed by atoms with E-state index in [1.807, 2.05) is 0 Å². The van der Waals surface area contributed by atoms with Crippen LogP contribution in [0.15, 0.2) is 0 Å². The number of hydrogen-bond acceptors (Lipinski definition) is 3. The van der Waals surface area contributed by atoms with Crippen molar-refractivity contribution in [1.29, 1.82) is 0 Å². The molecule has 19 heavy (non-hydrogen) atoms. The highest BCUT2D eigenvalue weighted by Gasteiger charge is 2.66. The highest BCUT2D eigenvalue weighted by Crippen LogP contribution is 2.53. The van der Waals surface area contributed by atoms with Crippen LogP contribution in [0.1, 0.15) is 34.1 Å². The molecule has 2 rings (SSSR count). The van der Waals surface area contributed by atoms with Crippen molar-refractivity contribution in [2.24, 2.45) is 5.41 Å². The van der Waals surface area contributed by atoms with Gasteiger partial charge in [-0.15, -0.1) is 0 Å². The summed E-state index contributed by atoms with van der Waals surface area (Å²) in [6.07, 6.45) is -0.111. The van der Waals surface area contributed by atoms with Crippen molar-refractivity contribution < 1.29 is 18.3 Å². The van der Waals surface area contributed by atoms with Crippen LogP contribution in [0.5, 0.6) is 0 Å². The first-order valence-corrected chi connectivity index (χ1v) is 6.67. The van der Waals surface area contributed by atoms with Crippen LogP contribution in [-0.2, 0) is 4.74 Å². The van der Waals surface area contributed by atoms with E-state index in [1.54, 1.807) is 27.7 Å². The van der Waals surface area contributed by atoms with Crippen LogP contribution in [0.2, 0.25) is 0 Å². The number of halogens is 2. The molecule has 2 saturated heterocycles. The first kappa shape index (κ1) is 14.5. The van der Waals surface area contributed by atoms with E-state index in [1.165, 1.54) is 4.90 Å². The van der Waals surface area contributed by atoms with Gasteiger partial charge in [-0.2, -0.15) is 0 Å². The quantitative estimate of drug-likeness (QED) is 0.738. The maximum absolute atomic E-state index is 14.1. The van der Waals surface area contributed by atoms with Gasteiger partial charge in [-0.25, -0.2) is 13.6 Å². The Bertz CT molecular complexity index is 381. The molecule has 0 aliphatic carbocycles. The minimum Gasteiger partial charge on any atom is -0.444 e. The standard InChI is InChI=1S/C13H22F2N2O2/c1-9-12(5-6-16-7-13(12,14)15)8-17(9)10(18)19-11(2,3)4/h9,16H,5-8H2,1-4H3/t9-,12?/m0/s1. The van der Waals surface area contributed by atoms with Crippen molar-refractivity contribution in [3.8, 4) is 0 Å².